The number of alkyl halides is 3. The molecule has 0 radical (unpaired) electrons. The number of rotatable bonds is 1. The Morgan fingerprint density at radius 2 is 2.00 bits per heavy atom. The summed E-state index contributed by atoms with van der Waals surface area (Å²) in [4.78, 5) is 9.86. The molecule has 6 heteroatoms. The Balaban J connectivity index is 3.60. The molecular weight excluding hydrogens is 156 g/mol. The Bertz CT molecular complexity index is 110. The van der Waals surface area contributed by atoms with E-state index in [0.29, 0.717) is 0 Å². The predicted octanol–water partition coefficient (Wildman–Crippen LogP) is 0.925. The molecule has 0 aliphatic rings. The lowest BCUT2D eigenvalue weighted by Crippen LogP contribution is -2.19. The van der Waals surface area contributed by atoms with Crippen LogP contribution < -0.4 is 0 Å². The van der Waals surface area contributed by atoms with Crippen LogP contribution in [0.15, 0.2) is 0 Å². The molecule has 0 spiro atoms. The van der Waals surface area contributed by atoms with Gasteiger partial charge in [-0.3, -0.25) is 4.79 Å². The summed E-state index contributed by atoms with van der Waals surface area (Å²) in [5.41, 5.74) is 0. The number of ether oxygens (including phenoxy) is 1. The van der Waals surface area contributed by atoms with E-state index in [0.717, 1.165) is 0 Å². The average Bonchev–Trinajstić information content (AvgIpc) is 1.62. The lowest BCUT2D eigenvalue weighted by Gasteiger charge is -2.03. The lowest BCUT2D eigenvalue weighted by molar-refractivity contribution is -0.304. The van der Waals surface area contributed by atoms with Crippen molar-refractivity contribution in [1.29, 1.82) is 0 Å². The average molecular weight is 160 g/mol. The first-order chi connectivity index (χ1) is 3.95. The maximum absolute atomic E-state index is 11.0. The molecule has 9 heavy (non-hydrogen) atoms. The summed E-state index contributed by atoms with van der Waals surface area (Å²) >= 11 is 0. The van der Waals surface area contributed by atoms with E-state index in [-0.39, 0.29) is 6.16 Å². The van der Waals surface area contributed by atoms with Crippen molar-refractivity contribution in [2.45, 2.75) is 6.36 Å². The van der Waals surface area contributed by atoms with Crippen LogP contribution in [0.2, 0.25) is 0 Å². The SMILES string of the molecule is O=C(CP)OC(F)(F)F. The molecule has 0 aromatic carbocycles. The molecule has 2 nitrogen and oxygen atoms in total. The Morgan fingerprint density at radius 1 is 1.56 bits per heavy atom. The predicted molar refractivity (Wildman–Crippen MR) is 26.7 cm³/mol. The van der Waals surface area contributed by atoms with Crippen LogP contribution in [0.5, 0.6) is 0 Å². The van der Waals surface area contributed by atoms with Crippen molar-refractivity contribution in [2.75, 3.05) is 6.16 Å². The normalized spacial score (nSPS) is 11.1. The zero-order valence-electron chi connectivity index (χ0n) is 4.23. The van der Waals surface area contributed by atoms with Gasteiger partial charge in [-0.1, -0.05) is 0 Å². The molecule has 0 fully saturated rings. The highest BCUT2D eigenvalue weighted by Gasteiger charge is 2.32. The number of esters is 1. The van der Waals surface area contributed by atoms with E-state index in [1.54, 1.807) is 0 Å². The molecule has 0 aliphatic carbocycles. The van der Waals surface area contributed by atoms with E-state index in [1.165, 1.54) is 0 Å². The third kappa shape index (κ3) is 5.56. The topological polar surface area (TPSA) is 26.3 Å². The van der Waals surface area contributed by atoms with Gasteiger partial charge in [0.1, 0.15) is 0 Å². The molecule has 0 saturated carbocycles. The van der Waals surface area contributed by atoms with Gasteiger partial charge in [-0.2, -0.15) is 0 Å². The van der Waals surface area contributed by atoms with Gasteiger partial charge < -0.3 is 4.74 Å². The van der Waals surface area contributed by atoms with Gasteiger partial charge in [0.05, 0.1) is 6.16 Å². The quantitative estimate of drug-likeness (QED) is 0.421. The molecule has 0 rings (SSSR count). The molecule has 0 aromatic heterocycles. The Kier molecular flexibility index (Phi) is 2.91. The second-order valence-corrected chi connectivity index (χ2v) is 1.53. The summed E-state index contributed by atoms with van der Waals surface area (Å²) in [7, 11) is 1.82. The summed E-state index contributed by atoms with van der Waals surface area (Å²) in [5, 5.41) is 0. The number of carbonyl (C=O) groups excluding carboxylic acids is 1. The molecule has 54 valence electrons. The zero-order chi connectivity index (χ0) is 7.49. The van der Waals surface area contributed by atoms with E-state index >= 15 is 0 Å². The highest BCUT2D eigenvalue weighted by molar-refractivity contribution is 7.18. The fraction of sp³-hybridized carbons (Fsp3) is 0.667. The van der Waals surface area contributed by atoms with Crippen molar-refractivity contribution < 1.29 is 22.7 Å². The summed E-state index contributed by atoms with van der Waals surface area (Å²) in [6, 6.07) is 0. The van der Waals surface area contributed by atoms with Gasteiger partial charge in [0, 0.05) is 0 Å². The Morgan fingerprint density at radius 3 is 2.11 bits per heavy atom. The fourth-order valence-electron chi connectivity index (χ4n) is 0.171. The summed E-state index contributed by atoms with van der Waals surface area (Å²) < 4.78 is 36.0. The van der Waals surface area contributed by atoms with E-state index in [2.05, 4.69) is 4.74 Å². The first-order valence-electron chi connectivity index (χ1n) is 1.94. The van der Waals surface area contributed by atoms with E-state index in [4.69, 9.17) is 0 Å². The molecule has 1 atom stereocenters. The lowest BCUT2D eigenvalue weighted by atomic mass is 10.8. The van der Waals surface area contributed by atoms with Crippen LogP contribution in [-0.2, 0) is 9.53 Å². The first-order valence-corrected chi connectivity index (χ1v) is 2.76. The van der Waals surface area contributed by atoms with Crippen LogP contribution in [0, 0.1) is 0 Å². The third-order valence-electron chi connectivity index (χ3n) is 0.396. The van der Waals surface area contributed by atoms with Crippen LogP contribution >= 0.6 is 9.24 Å². The van der Waals surface area contributed by atoms with Crippen LogP contribution in [-0.4, -0.2) is 18.5 Å². The largest absolute Gasteiger partial charge is 0.575 e. The molecule has 0 amide bonds. The van der Waals surface area contributed by atoms with Gasteiger partial charge in [0.2, 0.25) is 0 Å². The maximum atomic E-state index is 11.0. The maximum Gasteiger partial charge on any atom is 0.575 e. The second-order valence-electron chi connectivity index (χ2n) is 1.12. The minimum Gasteiger partial charge on any atom is -0.373 e. The Hall–Kier alpha value is -0.310. The molecule has 0 bridgehead atoms. The van der Waals surface area contributed by atoms with Crippen molar-refractivity contribution in [3.8, 4) is 0 Å². The minimum atomic E-state index is -4.84. The molecule has 0 heterocycles. The minimum absolute atomic E-state index is 0.348. The van der Waals surface area contributed by atoms with Gasteiger partial charge in [-0.25, -0.2) is 0 Å². The summed E-state index contributed by atoms with van der Waals surface area (Å²) in [5.74, 6) is -1.30. The monoisotopic (exact) mass is 160 g/mol. The molecule has 1 unspecified atom stereocenters. The van der Waals surface area contributed by atoms with E-state index in [1.807, 2.05) is 9.24 Å². The van der Waals surface area contributed by atoms with Gasteiger partial charge in [0.25, 0.3) is 0 Å². The Labute approximate surface area is 51.6 Å². The van der Waals surface area contributed by atoms with Crippen molar-refractivity contribution in [2.24, 2.45) is 0 Å². The van der Waals surface area contributed by atoms with Crippen LogP contribution in [0.1, 0.15) is 0 Å². The van der Waals surface area contributed by atoms with Crippen molar-refractivity contribution >= 4 is 15.2 Å². The van der Waals surface area contributed by atoms with Crippen LogP contribution in [0.3, 0.4) is 0 Å². The number of hydrogen-bond acceptors (Lipinski definition) is 2. The molecular formula is C3H4F3O2P. The van der Waals surface area contributed by atoms with Gasteiger partial charge >= 0.3 is 12.3 Å². The van der Waals surface area contributed by atoms with Gasteiger partial charge in [0.15, 0.2) is 0 Å². The van der Waals surface area contributed by atoms with Crippen molar-refractivity contribution in [3.63, 3.8) is 0 Å². The van der Waals surface area contributed by atoms with Crippen molar-refractivity contribution in [3.05, 3.63) is 0 Å². The number of hydrogen-bond donors (Lipinski definition) is 0. The van der Waals surface area contributed by atoms with Gasteiger partial charge in [-0.15, -0.1) is 22.4 Å². The highest BCUT2D eigenvalue weighted by atomic mass is 31.0. The third-order valence-corrected chi connectivity index (χ3v) is 0.730. The summed E-state index contributed by atoms with van der Waals surface area (Å²) in [6.07, 6.45) is -5.19. The molecule has 0 N–H and O–H groups in total. The van der Waals surface area contributed by atoms with Crippen LogP contribution in [0.4, 0.5) is 13.2 Å². The number of carbonyl (C=O) groups is 1. The molecule has 0 aliphatic heterocycles. The summed E-state index contributed by atoms with van der Waals surface area (Å²) in [6.45, 7) is 0. The molecule has 0 aromatic rings. The molecule has 0 saturated heterocycles. The standard InChI is InChI=1S/C3H4F3O2P/c4-3(5,6)8-2(7)1-9/h1,9H2. The van der Waals surface area contributed by atoms with Crippen molar-refractivity contribution in [1.82, 2.24) is 0 Å². The second kappa shape index (κ2) is 3.01. The number of halogens is 3. The highest BCUT2D eigenvalue weighted by Crippen LogP contribution is 2.16. The van der Waals surface area contributed by atoms with Gasteiger partial charge in [-0.05, 0) is 0 Å². The van der Waals surface area contributed by atoms with E-state index in [9.17, 15) is 18.0 Å². The fourth-order valence-corrected chi connectivity index (χ4v) is 0.254. The first kappa shape index (κ1) is 8.69. The van der Waals surface area contributed by atoms with Crippen LogP contribution in [0.25, 0.3) is 0 Å². The van der Waals surface area contributed by atoms with E-state index < -0.39 is 12.3 Å². The zero-order valence-corrected chi connectivity index (χ0v) is 5.39. The smallest absolute Gasteiger partial charge is 0.373 e.